The van der Waals surface area contributed by atoms with Gasteiger partial charge >= 0.3 is 0 Å². The van der Waals surface area contributed by atoms with Gasteiger partial charge in [0.2, 0.25) is 0 Å². The zero-order valence-corrected chi connectivity index (χ0v) is 12.4. The van der Waals surface area contributed by atoms with Gasteiger partial charge in [-0.25, -0.2) is 4.39 Å². The van der Waals surface area contributed by atoms with Crippen molar-refractivity contribution in [1.82, 2.24) is 10.6 Å². The highest BCUT2D eigenvalue weighted by Crippen LogP contribution is 2.16. The fraction of sp³-hybridized carbons (Fsp3) is 0.462. The van der Waals surface area contributed by atoms with Crippen LogP contribution in [0.1, 0.15) is 15.9 Å². The number of thioether (sulfide) groups is 1. The monoisotopic (exact) mass is 304 g/mol. The first-order chi connectivity index (χ1) is 8.70. The minimum absolute atomic E-state index is 0. The molecule has 3 nitrogen and oxygen atoms in total. The van der Waals surface area contributed by atoms with Gasteiger partial charge in [-0.15, -0.1) is 12.4 Å². The fourth-order valence-corrected chi connectivity index (χ4v) is 2.35. The minimum Gasteiger partial charge on any atom is -0.352 e. The number of benzene rings is 1. The normalized spacial score (nSPS) is 14.4. The Kier molecular flexibility index (Phi) is 6.62. The molecule has 0 atom stereocenters. The van der Waals surface area contributed by atoms with Crippen LogP contribution in [0.5, 0.6) is 0 Å². The lowest BCUT2D eigenvalue weighted by Crippen LogP contribution is -2.48. The molecule has 0 bridgehead atoms. The second-order valence-corrected chi connectivity index (χ2v) is 5.34. The van der Waals surface area contributed by atoms with E-state index in [-0.39, 0.29) is 24.1 Å². The van der Waals surface area contributed by atoms with E-state index >= 15 is 0 Å². The average Bonchev–Trinajstić information content (AvgIpc) is 2.30. The van der Waals surface area contributed by atoms with Crippen molar-refractivity contribution in [3.05, 3.63) is 35.1 Å². The lowest BCUT2D eigenvalue weighted by Gasteiger charge is -2.27. The summed E-state index contributed by atoms with van der Waals surface area (Å²) in [4.78, 5) is 11.9. The fourth-order valence-electron chi connectivity index (χ4n) is 1.81. The largest absolute Gasteiger partial charge is 0.352 e. The number of hydrogen-bond acceptors (Lipinski definition) is 3. The van der Waals surface area contributed by atoms with Gasteiger partial charge in [0, 0.05) is 36.9 Å². The van der Waals surface area contributed by atoms with Gasteiger partial charge in [0.15, 0.2) is 0 Å². The molecule has 1 aliphatic heterocycles. The van der Waals surface area contributed by atoms with Gasteiger partial charge in [-0.05, 0) is 30.0 Å². The summed E-state index contributed by atoms with van der Waals surface area (Å²) in [5, 5.41) is 6.04. The zero-order valence-electron chi connectivity index (χ0n) is 10.7. The van der Waals surface area contributed by atoms with E-state index in [1.54, 1.807) is 17.8 Å². The van der Waals surface area contributed by atoms with Crippen LogP contribution in [-0.2, 0) is 5.75 Å². The first kappa shape index (κ1) is 16.3. The average molecular weight is 305 g/mol. The highest BCUT2D eigenvalue weighted by Gasteiger charge is 2.17. The Morgan fingerprint density at radius 1 is 1.53 bits per heavy atom. The van der Waals surface area contributed by atoms with E-state index in [2.05, 4.69) is 10.6 Å². The van der Waals surface area contributed by atoms with Gasteiger partial charge < -0.3 is 10.6 Å². The number of carbonyl (C=O) groups is 1. The molecular weight excluding hydrogens is 287 g/mol. The molecule has 0 aromatic heterocycles. The Morgan fingerprint density at radius 2 is 2.26 bits per heavy atom. The SMILES string of the molecule is CSCc1cc(C(=O)NCC2CNC2)ccc1F.Cl. The summed E-state index contributed by atoms with van der Waals surface area (Å²) in [6, 6.07) is 4.54. The van der Waals surface area contributed by atoms with Crippen LogP contribution in [0, 0.1) is 11.7 Å². The van der Waals surface area contributed by atoms with E-state index in [1.807, 2.05) is 6.26 Å². The molecule has 19 heavy (non-hydrogen) atoms. The molecule has 1 saturated heterocycles. The first-order valence-corrected chi connectivity index (χ1v) is 7.36. The summed E-state index contributed by atoms with van der Waals surface area (Å²) in [6.45, 7) is 2.60. The molecule has 1 fully saturated rings. The second-order valence-electron chi connectivity index (χ2n) is 4.47. The second kappa shape index (κ2) is 7.72. The third-order valence-electron chi connectivity index (χ3n) is 3.03. The molecule has 1 aliphatic rings. The Bertz CT molecular complexity index is 441. The number of amides is 1. The summed E-state index contributed by atoms with van der Waals surface area (Å²) < 4.78 is 13.4. The molecule has 0 spiro atoms. The number of halogens is 2. The summed E-state index contributed by atoms with van der Waals surface area (Å²) in [5.41, 5.74) is 1.12. The van der Waals surface area contributed by atoms with Crippen LogP contribution < -0.4 is 10.6 Å². The molecule has 1 aromatic carbocycles. The highest BCUT2D eigenvalue weighted by atomic mass is 35.5. The minimum atomic E-state index is -0.246. The van der Waals surface area contributed by atoms with Crippen LogP contribution >= 0.6 is 24.2 Å². The Morgan fingerprint density at radius 3 is 2.84 bits per heavy atom. The quantitative estimate of drug-likeness (QED) is 0.875. The Labute approximate surface area is 123 Å². The van der Waals surface area contributed by atoms with Crippen molar-refractivity contribution < 1.29 is 9.18 Å². The number of carbonyl (C=O) groups excluding carboxylic acids is 1. The molecule has 0 saturated carbocycles. The predicted molar refractivity (Wildman–Crippen MR) is 79.6 cm³/mol. The maximum absolute atomic E-state index is 13.4. The van der Waals surface area contributed by atoms with Gasteiger partial charge in [-0.3, -0.25) is 4.79 Å². The zero-order chi connectivity index (χ0) is 13.0. The van der Waals surface area contributed by atoms with Gasteiger partial charge in [-0.1, -0.05) is 0 Å². The summed E-state index contributed by atoms with van der Waals surface area (Å²) >= 11 is 1.54. The van der Waals surface area contributed by atoms with E-state index < -0.39 is 0 Å². The van der Waals surface area contributed by atoms with Gasteiger partial charge in [0.05, 0.1) is 0 Å². The Balaban J connectivity index is 0.00000180. The third kappa shape index (κ3) is 4.37. The first-order valence-electron chi connectivity index (χ1n) is 5.97. The van der Waals surface area contributed by atoms with Gasteiger partial charge in [0.25, 0.3) is 5.91 Å². The van der Waals surface area contributed by atoms with Crippen LogP contribution in [0.2, 0.25) is 0 Å². The molecule has 0 radical (unpaired) electrons. The summed E-state index contributed by atoms with van der Waals surface area (Å²) in [5.74, 6) is 0.743. The molecule has 1 amide bonds. The van der Waals surface area contributed by atoms with Crippen molar-refractivity contribution in [2.24, 2.45) is 5.92 Å². The number of nitrogens with one attached hydrogen (secondary N) is 2. The van der Waals surface area contributed by atoms with Crippen LogP contribution in [0.4, 0.5) is 4.39 Å². The van der Waals surface area contributed by atoms with Crippen molar-refractivity contribution >= 4 is 30.1 Å². The Hall–Kier alpha value is -0.780. The molecule has 1 heterocycles. The summed E-state index contributed by atoms with van der Waals surface area (Å²) in [7, 11) is 0. The topological polar surface area (TPSA) is 41.1 Å². The van der Waals surface area contributed by atoms with Crippen molar-refractivity contribution in [2.45, 2.75) is 5.75 Å². The smallest absolute Gasteiger partial charge is 0.251 e. The van der Waals surface area contributed by atoms with Gasteiger partial charge in [0.1, 0.15) is 5.82 Å². The van der Waals surface area contributed by atoms with Crippen molar-refractivity contribution in [2.75, 3.05) is 25.9 Å². The van der Waals surface area contributed by atoms with Crippen LogP contribution in [0.15, 0.2) is 18.2 Å². The highest BCUT2D eigenvalue weighted by molar-refractivity contribution is 7.97. The maximum atomic E-state index is 13.4. The van der Waals surface area contributed by atoms with Crippen LogP contribution in [0.25, 0.3) is 0 Å². The van der Waals surface area contributed by atoms with E-state index in [0.29, 0.717) is 29.3 Å². The number of rotatable bonds is 5. The molecule has 2 rings (SSSR count). The molecule has 0 aliphatic carbocycles. The van der Waals surface area contributed by atoms with E-state index in [0.717, 1.165) is 13.1 Å². The van der Waals surface area contributed by atoms with Crippen molar-refractivity contribution in [1.29, 1.82) is 0 Å². The molecule has 1 aromatic rings. The molecule has 0 unspecified atom stereocenters. The van der Waals surface area contributed by atoms with Crippen molar-refractivity contribution in [3.63, 3.8) is 0 Å². The predicted octanol–water partition coefficient (Wildman–Crippen LogP) is 2.06. The molecule has 106 valence electrons. The van der Waals surface area contributed by atoms with Crippen LogP contribution in [-0.4, -0.2) is 31.8 Å². The third-order valence-corrected chi connectivity index (χ3v) is 3.62. The van der Waals surface area contributed by atoms with Gasteiger partial charge in [-0.2, -0.15) is 11.8 Å². The summed E-state index contributed by atoms with van der Waals surface area (Å²) in [6.07, 6.45) is 1.91. The standard InChI is InChI=1S/C13H17FN2OS.ClH/c1-18-8-11-4-10(2-3-12(11)14)13(17)16-7-9-5-15-6-9;/h2-4,9,15H,5-8H2,1H3,(H,16,17);1H. The lowest BCUT2D eigenvalue weighted by molar-refractivity contribution is 0.0942. The van der Waals surface area contributed by atoms with E-state index in [1.165, 1.54) is 12.1 Å². The van der Waals surface area contributed by atoms with E-state index in [9.17, 15) is 9.18 Å². The van der Waals surface area contributed by atoms with Crippen LogP contribution in [0.3, 0.4) is 0 Å². The number of hydrogen-bond donors (Lipinski definition) is 2. The van der Waals surface area contributed by atoms with Crippen molar-refractivity contribution in [3.8, 4) is 0 Å². The molecule has 2 N–H and O–H groups in total. The molecular formula is C13H18ClFN2OS. The molecule has 6 heteroatoms. The lowest BCUT2D eigenvalue weighted by atomic mass is 10.0. The van der Waals surface area contributed by atoms with E-state index in [4.69, 9.17) is 0 Å². The maximum Gasteiger partial charge on any atom is 0.251 e.